The molecule has 1 aromatic carbocycles. The van der Waals surface area contributed by atoms with E-state index < -0.39 is 27.3 Å². The quantitative estimate of drug-likeness (QED) is 0.828. The van der Waals surface area contributed by atoms with Gasteiger partial charge in [-0.1, -0.05) is 0 Å². The molecule has 110 valence electrons. The molecule has 0 heterocycles. The minimum Gasteiger partial charge on any atom is -0.399 e. The van der Waals surface area contributed by atoms with Crippen LogP contribution in [0.1, 0.15) is 19.8 Å². The fourth-order valence-electron chi connectivity index (χ4n) is 2.12. The zero-order chi connectivity index (χ0) is 14.9. The number of hydrogen-bond donors (Lipinski definition) is 1. The fourth-order valence-corrected chi connectivity index (χ4v) is 3.38. The minimum atomic E-state index is -3.88. The highest BCUT2D eigenvalue weighted by molar-refractivity contribution is 7.92. The third kappa shape index (κ3) is 3.27. The molecule has 1 aliphatic carbocycles. The van der Waals surface area contributed by atoms with Gasteiger partial charge in [-0.05, 0) is 38.0 Å². The normalized spacial score (nSPS) is 15.1. The fraction of sp³-hybridized carbons (Fsp3) is 0.462. The van der Waals surface area contributed by atoms with E-state index in [4.69, 9.17) is 5.73 Å². The van der Waals surface area contributed by atoms with Gasteiger partial charge in [-0.2, -0.15) is 0 Å². The van der Waals surface area contributed by atoms with E-state index in [-0.39, 0.29) is 16.6 Å². The number of hydrogen-bond acceptors (Lipinski definition) is 4. The Balaban J connectivity index is 2.20. The van der Waals surface area contributed by atoms with Crippen LogP contribution < -0.4 is 5.73 Å². The van der Waals surface area contributed by atoms with Gasteiger partial charge in [0.25, 0.3) is 0 Å². The molecule has 0 spiro atoms. The second-order valence-corrected chi connectivity index (χ2v) is 6.88. The molecule has 2 rings (SSSR count). The zero-order valence-electron chi connectivity index (χ0n) is 11.2. The van der Waals surface area contributed by atoms with Gasteiger partial charge >= 0.3 is 0 Å². The van der Waals surface area contributed by atoms with E-state index >= 15 is 0 Å². The molecule has 0 unspecified atom stereocenters. The van der Waals surface area contributed by atoms with Gasteiger partial charge in [0.05, 0.1) is 4.90 Å². The minimum absolute atomic E-state index is 0.0190. The number of nitrogens with two attached hydrogens (primary N) is 1. The lowest BCUT2D eigenvalue weighted by Gasteiger charge is -2.20. The van der Waals surface area contributed by atoms with E-state index in [1.165, 1.54) is 6.07 Å². The van der Waals surface area contributed by atoms with Gasteiger partial charge in [0.15, 0.2) is 9.84 Å². The van der Waals surface area contributed by atoms with Gasteiger partial charge in [-0.3, -0.25) is 4.79 Å². The predicted molar refractivity (Wildman–Crippen MR) is 73.3 cm³/mol. The third-order valence-electron chi connectivity index (χ3n) is 3.21. The van der Waals surface area contributed by atoms with Crippen LogP contribution in [0.15, 0.2) is 23.1 Å². The van der Waals surface area contributed by atoms with Crippen LogP contribution in [-0.2, 0) is 14.6 Å². The highest BCUT2D eigenvalue weighted by Gasteiger charge is 2.33. The first-order valence-corrected chi connectivity index (χ1v) is 8.07. The maximum absolute atomic E-state index is 13.2. The highest BCUT2D eigenvalue weighted by atomic mass is 32.2. The molecule has 1 aliphatic rings. The average Bonchev–Trinajstić information content (AvgIpc) is 3.12. The van der Waals surface area contributed by atoms with Crippen molar-refractivity contribution in [3.63, 3.8) is 0 Å². The molecule has 2 N–H and O–H groups in total. The van der Waals surface area contributed by atoms with Crippen molar-refractivity contribution in [1.29, 1.82) is 0 Å². The van der Waals surface area contributed by atoms with E-state index in [0.29, 0.717) is 6.54 Å². The molecule has 0 aliphatic heterocycles. The summed E-state index contributed by atoms with van der Waals surface area (Å²) in [7, 11) is -3.88. The van der Waals surface area contributed by atoms with Gasteiger partial charge in [0.1, 0.15) is 11.6 Å². The second-order valence-electron chi connectivity index (χ2n) is 4.89. The van der Waals surface area contributed by atoms with Gasteiger partial charge in [-0.15, -0.1) is 0 Å². The van der Waals surface area contributed by atoms with Crippen molar-refractivity contribution in [3.8, 4) is 0 Å². The van der Waals surface area contributed by atoms with Crippen LogP contribution in [0.4, 0.5) is 10.1 Å². The Morgan fingerprint density at radius 1 is 1.40 bits per heavy atom. The van der Waals surface area contributed by atoms with Crippen LogP contribution >= 0.6 is 0 Å². The first-order valence-electron chi connectivity index (χ1n) is 6.42. The Morgan fingerprint density at radius 2 is 2.05 bits per heavy atom. The van der Waals surface area contributed by atoms with Crippen LogP contribution in [0.3, 0.4) is 0 Å². The number of benzene rings is 1. The van der Waals surface area contributed by atoms with Gasteiger partial charge in [0.2, 0.25) is 5.91 Å². The smallest absolute Gasteiger partial charge is 0.238 e. The molecule has 0 atom stereocenters. The summed E-state index contributed by atoms with van der Waals surface area (Å²) in [6, 6.07) is 3.23. The summed E-state index contributed by atoms with van der Waals surface area (Å²) in [5, 5.41) is 0. The summed E-state index contributed by atoms with van der Waals surface area (Å²) >= 11 is 0. The van der Waals surface area contributed by atoms with Crippen molar-refractivity contribution in [2.75, 3.05) is 18.0 Å². The molecule has 1 aromatic rings. The maximum Gasteiger partial charge on any atom is 0.238 e. The summed E-state index contributed by atoms with van der Waals surface area (Å²) in [4.78, 5) is 13.3. The number of carbonyl (C=O) groups is 1. The molecule has 1 saturated carbocycles. The zero-order valence-corrected chi connectivity index (χ0v) is 12.0. The van der Waals surface area contributed by atoms with Gasteiger partial charge in [0, 0.05) is 18.3 Å². The number of nitrogens with zero attached hydrogens (tertiary/aromatic N) is 1. The molecular formula is C13H17FN2O3S. The average molecular weight is 300 g/mol. The summed E-state index contributed by atoms with van der Waals surface area (Å²) < 4.78 is 37.5. The predicted octanol–water partition coefficient (Wildman–Crippen LogP) is 1.19. The number of carbonyl (C=O) groups excluding carboxylic acids is 1. The lowest BCUT2D eigenvalue weighted by molar-refractivity contribution is -0.128. The Labute approximate surface area is 117 Å². The van der Waals surface area contributed by atoms with Crippen LogP contribution in [0, 0.1) is 5.82 Å². The van der Waals surface area contributed by atoms with Crippen molar-refractivity contribution in [3.05, 3.63) is 24.0 Å². The monoisotopic (exact) mass is 300 g/mol. The van der Waals surface area contributed by atoms with Crippen molar-refractivity contribution < 1.29 is 17.6 Å². The number of sulfone groups is 1. The molecule has 0 saturated heterocycles. The second kappa shape index (κ2) is 5.40. The SMILES string of the molecule is CCN(C(=O)CS(=O)(=O)c1cc(N)cc(F)c1)C1CC1. The Hall–Kier alpha value is -1.63. The lowest BCUT2D eigenvalue weighted by atomic mass is 10.3. The topological polar surface area (TPSA) is 80.5 Å². The van der Waals surface area contributed by atoms with E-state index in [1.54, 1.807) is 4.90 Å². The summed E-state index contributed by atoms with van der Waals surface area (Å²) in [5.41, 5.74) is 5.45. The van der Waals surface area contributed by atoms with E-state index in [1.807, 2.05) is 6.92 Å². The van der Waals surface area contributed by atoms with Crippen molar-refractivity contribution in [2.24, 2.45) is 0 Å². The lowest BCUT2D eigenvalue weighted by Crippen LogP contribution is -2.37. The molecule has 1 fully saturated rings. The number of amides is 1. The van der Waals surface area contributed by atoms with E-state index in [2.05, 4.69) is 0 Å². The van der Waals surface area contributed by atoms with Crippen LogP contribution in [-0.4, -0.2) is 37.6 Å². The maximum atomic E-state index is 13.2. The van der Waals surface area contributed by atoms with Crippen molar-refractivity contribution in [2.45, 2.75) is 30.7 Å². The Bertz CT molecular complexity index is 606. The first kappa shape index (κ1) is 14.8. The van der Waals surface area contributed by atoms with Crippen molar-refractivity contribution in [1.82, 2.24) is 4.90 Å². The molecular weight excluding hydrogens is 283 g/mol. The number of halogens is 1. The summed E-state index contributed by atoms with van der Waals surface area (Å²) in [6.45, 7) is 2.29. The largest absolute Gasteiger partial charge is 0.399 e. The number of rotatable bonds is 5. The Morgan fingerprint density at radius 3 is 2.55 bits per heavy atom. The van der Waals surface area contributed by atoms with Crippen LogP contribution in [0.25, 0.3) is 0 Å². The third-order valence-corrected chi connectivity index (χ3v) is 4.80. The molecule has 1 amide bonds. The van der Waals surface area contributed by atoms with E-state index in [9.17, 15) is 17.6 Å². The highest BCUT2D eigenvalue weighted by Crippen LogP contribution is 2.27. The van der Waals surface area contributed by atoms with Crippen molar-refractivity contribution >= 4 is 21.4 Å². The Kier molecular flexibility index (Phi) is 3.99. The molecule has 0 aromatic heterocycles. The van der Waals surface area contributed by atoms with Gasteiger partial charge in [-0.25, -0.2) is 12.8 Å². The first-order chi connectivity index (χ1) is 9.33. The standard InChI is InChI=1S/C13H17FN2O3S/c1-2-16(11-3-4-11)13(17)8-20(18,19)12-6-9(14)5-10(15)7-12/h5-7,11H,2-4,8,15H2,1H3. The summed E-state index contributed by atoms with van der Waals surface area (Å²) in [5.74, 6) is -1.83. The number of anilines is 1. The molecule has 0 radical (unpaired) electrons. The molecule has 7 heteroatoms. The molecule has 20 heavy (non-hydrogen) atoms. The molecule has 0 bridgehead atoms. The van der Waals surface area contributed by atoms with Crippen LogP contribution in [0.5, 0.6) is 0 Å². The molecule has 5 nitrogen and oxygen atoms in total. The van der Waals surface area contributed by atoms with Crippen LogP contribution in [0.2, 0.25) is 0 Å². The van der Waals surface area contributed by atoms with E-state index in [0.717, 1.165) is 25.0 Å². The number of nitrogen functional groups attached to an aromatic ring is 1. The van der Waals surface area contributed by atoms with Gasteiger partial charge < -0.3 is 10.6 Å². The summed E-state index contributed by atoms with van der Waals surface area (Å²) in [6.07, 6.45) is 1.82.